The Kier molecular flexibility index (Phi) is 8.01. The van der Waals surface area contributed by atoms with E-state index in [1.54, 1.807) is 18.2 Å². The van der Waals surface area contributed by atoms with E-state index in [4.69, 9.17) is 4.74 Å². The molecule has 162 valence electrons. The maximum Gasteiger partial charge on any atom is 0.241 e. The van der Waals surface area contributed by atoms with Crippen LogP contribution in [-0.2, 0) is 19.6 Å². The molecule has 1 heterocycles. The van der Waals surface area contributed by atoms with Crippen molar-refractivity contribution >= 4 is 27.7 Å². The summed E-state index contributed by atoms with van der Waals surface area (Å²) >= 11 is 1.86. The van der Waals surface area contributed by atoms with E-state index in [9.17, 15) is 13.2 Å². The molecular formula is C21H32N2O4S2. The predicted octanol–water partition coefficient (Wildman–Crippen LogP) is 3.00. The van der Waals surface area contributed by atoms with Gasteiger partial charge in [0.15, 0.2) is 0 Å². The van der Waals surface area contributed by atoms with Crippen molar-refractivity contribution in [1.82, 2.24) is 10.0 Å². The van der Waals surface area contributed by atoms with Crippen LogP contribution in [0.2, 0.25) is 0 Å². The molecule has 2 fully saturated rings. The molecule has 0 spiro atoms. The van der Waals surface area contributed by atoms with E-state index < -0.39 is 15.6 Å². The molecule has 1 saturated carbocycles. The molecule has 0 bridgehead atoms. The van der Waals surface area contributed by atoms with Gasteiger partial charge in [0, 0.05) is 30.8 Å². The first kappa shape index (κ1) is 22.6. The summed E-state index contributed by atoms with van der Waals surface area (Å²) in [6, 6.07) is 6.80. The average molecular weight is 441 g/mol. The Balaban J connectivity index is 1.62. The van der Waals surface area contributed by atoms with Crippen LogP contribution in [0.15, 0.2) is 29.2 Å². The number of ether oxygens (including phenoxy) is 1. The first-order valence-electron chi connectivity index (χ1n) is 10.5. The number of hydrogen-bond donors (Lipinski definition) is 2. The van der Waals surface area contributed by atoms with Crippen LogP contribution in [0.5, 0.6) is 0 Å². The zero-order valence-electron chi connectivity index (χ0n) is 17.1. The van der Waals surface area contributed by atoms with Crippen molar-refractivity contribution in [3.05, 3.63) is 29.8 Å². The second kappa shape index (κ2) is 10.3. The molecule has 3 rings (SSSR count). The fraction of sp³-hybridized carbons (Fsp3) is 0.667. The molecule has 0 atom stereocenters. The van der Waals surface area contributed by atoms with Crippen molar-refractivity contribution < 1.29 is 17.9 Å². The highest BCUT2D eigenvalue weighted by Gasteiger charge is 2.42. The van der Waals surface area contributed by atoms with Gasteiger partial charge in [0.2, 0.25) is 15.9 Å². The zero-order valence-corrected chi connectivity index (χ0v) is 18.7. The molecule has 8 heteroatoms. The first-order chi connectivity index (χ1) is 13.9. The molecule has 1 aromatic rings. The molecule has 2 N–H and O–H groups in total. The Morgan fingerprint density at radius 3 is 2.62 bits per heavy atom. The molecular weight excluding hydrogens is 408 g/mol. The topological polar surface area (TPSA) is 84.5 Å². The van der Waals surface area contributed by atoms with Gasteiger partial charge in [-0.15, -0.1) is 0 Å². The monoisotopic (exact) mass is 440 g/mol. The van der Waals surface area contributed by atoms with Crippen LogP contribution in [0, 0.1) is 6.92 Å². The summed E-state index contributed by atoms with van der Waals surface area (Å²) in [5.41, 5.74) is -0.176. The lowest BCUT2D eigenvalue weighted by Crippen LogP contribution is -2.59. The van der Waals surface area contributed by atoms with Gasteiger partial charge in [-0.1, -0.05) is 31.4 Å². The van der Waals surface area contributed by atoms with Gasteiger partial charge in [-0.25, -0.2) is 8.42 Å². The molecule has 1 aliphatic heterocycles. The second-order valence-corrected chi connectivity index (χ2v) is 11.1. The molecule has 1 amide bonds. The van der Waals surface area contributed by atoms with E-state index in [1.807, 2.05) is 24.8 Å². The lowest BCUT2D eigenvalue weighted by molar-refractivity contribution is -0.128. The number of thioether (sulfide) groups is 1. The van der Waals surface area contributed by atoms with Gasteiger partial charge in [0.1, 0.15) is 5.54 Å². The minimum absolute atomic E-state index is 0.194. The van der Waals surface area contributed by atoms with Gasteiger partial charge in [0.25, 0.3) is 0 Å². The molecule has 0 unspecified atom stereocenters. The number of amides is 1. The normalized spacial score (nSPS) is 20.3. The van der Waals surface area contributed by atoms with Gasteiger partial charge >= 0.3 is 0 Å². The third-order valence-electron chi connectivity index (χ3n) is 5.68. The number of aryl methyl sites for hydroxylation is 1. The van der Waals surface area contributed by atoms with Crippen molar-refractivity contribution in [2.24, 2.45) is 0 Å². The Morgan fingerprint density at radius 2 is 1.93 bits per heavy atom. The highest BCUT2D eigenvalue weighted by molar-refractivity contribution is 7.99. The first-order valence-corrected chi connectivity index (χ1v) is 13.0. The maximum atomic E-state index is 13.1. The van der Waals surface area contributed by atoms with Crippen LogP contribution in [0.1, 0.15) is 50.5 Å². The Labute approximate surface area is 178 Å². The summed E-state index contributed by atoms with van der Waals surface area (Å²) < 4.78 is 34.1. The standard InChI is InChI=1S/C21H32N2O4S2/c1-17-6-5-7-19(16-17)29(25,26)23-21(10-3-2-4-11-21)20(24)22-12-15-28-18-8-13-27-14-9-18/h5-7,16,18,23H,2-4,8-15H2,1H3,(H,22,24). The summed E-state index contributed by atoms with van der Waals surface area (Å²) in [5, 5.41) is 3.59. The zero-order chi connectivity index (χ0) is 20.7. The summed E-state index contributed by atoms with van der Waals surface area (Å²) in [7, 11) is -3.76. The van der Waals surface area contributed by atoms with E-state index >= 15 is 0 Å². The van der Waals surface area contributed by atoms with Crippen molar-refractivity contribution in [2.75, 3.05) is 25.5 Å². The van der Waals surface area contributed by atoms with Gasteiger partial charge in [0.05, 0.1) is 4.90 Å². The van der Waals surface area contributed by atoms with Crippen LogP contribution >= 0.6 is 11.8 Å². The average Bonchev–Trinajstić information content (AvgIpc) is 2.72. The van der Waals surface area contributed by atoms with Gasteiger partial charge in [-0.2, -0.15) is 16.5 Å². The lowest BCUT2D eigenvalue weighted by atomic mass is 9.82. The van der Waals surface area contributed by atoms with Crippen molar-refractivity contribution in [3.63, 3.8) is 0 Å². The fourth-order valence-electron chi connectivity index (χ4n) is 4.03. The van der Waals surface area contributed by atoms with E-state index in [1.165, 1.54) is 0 Å². The van der Waals surface area contributed by atoms with Gasteiger partial charge in [-0.05, 0) is 50.3 Å². The molecule has 0 radical (unpaired) electrons. The molecule has 1 aromatic carbocycles. The Bertz CT molecular complexity index is 786. The van der Waals surface area contributed by atoms with E-state index in [0.717, 1.165) is 56.6 Å². The fourth-order valence-corrected chi connectivity index (χ4v) is 6.64. The minimum atomic E-state index is -3.76. The minimum Gasteiger partial charge on any atom is -0.381 e. The Morgan fingerprint density at radius 1 is 1.21 bits per heavy atom. The third kappa shape index (κ3) is 6.20. The molecule has 1 saturated heterocycles. The number of nitrogens with one attached hydrogen (secondary N) is 2. The molecule has 6 nitrogen and oxygen atoms in total. The predicted molar refractivity (Wildman–Crippen MR) is 117 cm³/mol. The summed E-state index contributed by atoms with van der Waals surface area (Å²) in [4.78, 5) is 13.3. The number of benzene rings is 1. The van der Waals surface area contributed by atoms with Crippen LogP contribution < -0.4 is 10.0 Å². The van der Waals surface area contributed by atoms with Crippen LogP contribution in [-0.4, -0.2) is 50.6 Å². The summed E-state index contributed by atoms with van der Waals surface area (Å²) in [6.07, 6.45) is 5.91. The number of hydrogen-bond acceptors (Lipinski definition) is 5. The number of sulfonamides is 1. The Hall–Kier alpha value is -1.09. The summed E-state index contributed by atoms with van der Waals surface area (Å²) in [6.45, 7) is 4.04. The van der Waals surface area contributed by atoms with Gasteiger partial charge < -0.3 is 10.1 Å². The molecule has 1 aliphatic carbocycles. The lowest BCUT2D eigenvalue weighted by Gasteiger charge is -2.36. The maximum absolute atomic E-state index is 13.1. The number of carbonyl (C=O) groups excluding carboxylic acids is 1. The SMILES string of the molecule is Cc1cccc(S(=O)(=O)NC2(C(=O)NCCSC3CCOCC3)CCCCC2)c1. The van der Waals surface area contributed by atoms with Crippen LogP contribution in [0.4, 0.5) is 0 Å². The molecule has 2 aliphatic rings. The third-order valence-corrected chi connectivity index (χ3v) is 8.60. The molecule has 0 aromatic heterocycles. The highest BCUT2D eigenvalue weighted by Crippen LogP contribution is 2.30. The second-order valence-electron chi connectivity index (χ2n) is 8.00. The summed E-state index contributed by atoms with van der Waals surface area (Å²) in [5.74, 6) is 0.637. The van der Waals surface area contributed by atoms with E-state index in [2.05, 4.69) is 10.0 Å². The van der Waals surface area contributed by atoms with Crippen LogP contribution in [0.25, 0.3) is 0 Å². The van der Waals surface area contributed by atoms with E-state index in [0.29, 0.717) is 24.6 Å². The van der Waals surface area contributed by atoms with Crippen molar-refractivity contribution in [2.45, 2.75) is 67.6 Å². The highest BCUT2D eigenvalue weighted by atomic mass is 32.2. The molecule has 29 heavy (non-hydrogen) atoms. The number of carbonyl (C=O) groups is 1. The van der Waals surface area contributed by atoms with Crippen LogP contribution in [0.3, 0.4) is 0 Å². The van der Waals surface area contributed by atoms with E-state index in [-0.39, 0.29) is 10.8 Å². The van der Waals surface area contributed by atoms with Crippen molar-refractivity contribution in [3.8, 4) is 0 Å². The van der Waals surface area contributed by atoms with Gasteiger partial charge in [-0.3, -0.25) is 4.79 Å². The smallest absolute Gasteiger partial charge is 0.241 e. The quantitative estimate of drug-likeness (QED) is 0.607. The number of rotatable bonds is 8. The van der Waals surface area contributed by atoms with Crippen molar-refractivity contribution in [1.29, 1.82) is 0 Å². The largest absolute Gasteiger partial charge is 0.381 e.